The van der Waals surface area contributed by atoms with Crippen molar-refractivity contribution in [3.63, 3.8) is 0 Å². The zero-order valence-electron chi connectivity index (χ0n) is 24.1. The van der Waals surface area contributed by atoms with E-state index in [0.29, 0.717) is 44.3 Å². The summed E-state index contributed by atoms with van der Waals surface area (Å²) in [6.07, 6.45) is 1.02. The van der Waals surface area contributed by atoms with Crippen LogP contribution < -0.4 is 4.90 Å². The smallest absolute Gasteiger partial charge is 0.335 e. The first-order valence-electron chi connectivity index (χ1n) is 14.3. The lowest BCUT2D eigenvalue weighted by Gasteiger charge is -2.34. The molecule has 10 nitrogen and oxygen atoms in total. The molecule has 2 aliphatic rings. The molecule has 2 aliphatic heterocycles. The number of aromatic nitrogens is 2. The first-order valence-corrected chi connectivity index (χ1v) is 16.1. The number of carboxylic acids is 1. The largest absolute Gasteiger partial charge is 0.478 e. The van der Waals surface area contributed by atoms with Crippen LogP contribution in [0.25, 0.3) is 11.0 Å². The molecule has 0 spiro atoms. The zero-order valence-corrected chi connectivity index (χ0v) is 25.7. The highest BCUT2D eigenvalue weighted by Crippen LogP contribution is 2.33. The van der Waals surface area contributed by atoms with Gasteiger partial charge in [0.25, 0.3) is 0 Å². The Bertz CT molecular complexity index is 1780. The summed E-state index contributed by atoms with van der Waals surface area (Å²) >= 11 is 6.48. The van der Waals surface area contributed by atoms with Crippen molar-refractivity contribution in [2.45, 2.75) is 37.4 Å². The highest BCUT2D eigenvalue weighted by Gasteiger charge is 2.30. The van der Waals surface area contributed by atoms with E-state index in [0.717, 1.165) is 46.8 Å². The van der Waals surface area contributed by atoms with Crippen LogP contribution >= 0.6 is 11.6 Å². The quantitative estimate of drug-likeness (QED) is 0.284. The number of fused-ring (bicyclic) bond motifs is 1. The van der Waals surface area contributed by atoms with Crippen molar-refractivity contribution in [3.8, 4) is 0 Å². The summed E-state index contributed by atoms with van der Waals surface area (Å²) in [6, 6.07) is 17.7. The van der Waals surface area contributed by atoms with Gasteiger partial charge in [0.1, 0.15) is 5.82 Å². The fourth-order valence-corrected chi connectivity index (χ4v) is 7.44. The number of carbonyl (C=O) groups is 1. The molecule has 3 heterocycles. The zero-order chi connectivity index (χ0) is 30.3. The SMILES string of the molecule is Cc1ccc(N(C)c2cccc(S(=O)(=O)N3CCN(Cc4nc5ccc(C(=O)O)cc5n4C[C@@H]4CCO4)CC3)c2)c(Cl)c1. The average molecular weight is 624 g/mol. The van der Waals surface area contributed by atoms with Gasteiger partial charge in [-0.1, -0.05) is 23.7 Å². The van der Waals surface area contributed by atoms with Gasteiger partial charge in [0.2, 0.25) is 10.0 Å². The fraction of sp³-hybridized carbons (Fsp3) is 0.355. The molecule has 1 atom stereocenters. The number of anilines is 2. The van der Waals surface area contributed by atoms with Gasteiger partial charge in [-0.05, 0) is 67.4 Å². The summed E-state index contributed by atoms with van der Waals surface area (Å²) in [4.78, 5) is 20.7. The Morgan fingerprint density at radius 1 is 1.09 bits per heavy atom. The van der Waals surface area contributed by atoms with Crippen molar-refractivity contribution in [2.75, 3.05) is 44.7 Å². The molecule has 1 N–H and O–H groups in total. The number of rotatable bonds is 9. The Hall–Kier alpha value is -3.48. The van der Waals surface area contributed by atoms with Gasteiger partial charge in [-0.25, -0.2) is 18.2 Å². The van der Waals surface area contributed by atoms with Gasteiger partial charge in [-0.15, -0.1) is 0 Å². The maximum atomic E-state index is 13.7. The molecule has 2 fully saturated rings. The molecule has 0 aliphatic carbocycles. The third-order valence-corrected chi connectivity index (χ3v) is 10.5. The normalized spacial score (nSPS) is 18.1. The number of nitrogens with zero attached hydrogens (tertiary/aromatic N) is 5. The summed E-state index contributed by atoms with van der Waals surface area (Å²) in [5, 5.41) is 10.1. The van der Waals surface area contributed by atoms with Gasteiger partial charge in [0, 0.05) is 45.5 Å². The molecule has 4 aromatic rings. The summed E-state index contributed by atoms with van der Waals surface area (Å²) in [5.41, 5.74) is 4.29. The highest BCUT2D eigenvalue weighted by molar-refractivity contribution is 7.89. The molecular formula is C31H34ClN5O5S. The Morgan fingerprint density at radius 2 is 1.86 bits per heavy atom. The van der Waals surface area contributed by atoms with E-state index >= 15 is 0 Å². The van der Waals surface area contributed by atoms with Crippen molar-refractivity contribution in [1.29, 1.82) is 0 Å². The molecule has 1 aromatic heterocycles. The fourth-order valence-electron chi connectivity index (χ4n) is 5.61. The summed E-state index contributed by atoms with van der Waals surface area (Å²) in [7, 11) is -1.84. The van der Waals surface area contributed by atoms with Crippen LogP contribution in [0.15, 0.2) is 65.6 Å². The van der Waals surface area contributed by atoms with Crippen LogP contribution in [0.2, 0.25) is 5.02 Å². The maximum Gasteiger partial charge on any atom is 0.335 e. The number of benzene rings is 3. The molecule has 0 saturated carbocycles. The second kappa shape index (κ2) is 11.9. The Morgan fingerprint density at radius 3 is 2.53 bits per heavy atom. The van der Waals surface area contributed by atoms with Crippen LogP contribution in [0.5, 0.6) is 0 Å². The average Bonchev–Trinajstić information content (AvgIpc) is 3.30. The molecule has 6 rings (SSSR count). The van der Waals surface area contributed by atoms with Gasteiger partial charge in [0.05, 0.1) is 51.4 Å². The summed E-state index contributed by atoms with van der Waals surface area (Å²) in [6.45, 7) is 5.60. The summed E-state index contributed by atoms with van der Waals surface area (Å²) < 4.78 is 36.6. The minimum absolute atomic E-state index is 0.0727. The third-order valence-electron chi connectivity index (χ3n) is 8.26. The van der Waals surface area contributed by atoms with Crippen molar-refractivity contribution >= 4 is 50.0 Å². The van der Waals surface area contributed by atoms with Crippen molar-refractivity contribution in [3.05, 3.63) is 82.6 Å². The molecule has 0 unspecified atom stereocenters. The van der Waals surface area contributed by atoms with E-state index in [1.165, 1.54) is 4.31 Å². The van der Waals surface area contributed by atoms with E-state index in [1.54, 1.807) is 36.4 Å². The van der Waals surface area contributed by atoms with Crippen LogP contribution in [0.4, 0.5) is 11.4 Å². The van der Waals surface area contributed by atoms with E-state index in [1.807, 2.05) is 43.1 Å². The van der Waals surface area contributed by atoms with Gasteiger partial charge >= 0.3 is 5.97 Å². The molecular weight excluding hydrogens is 590 g/mol. The maximum absolute atomic E-state index is 13.7. The number of hydrogen-bond acceptors (Lipinski definition) is 7. The number of sulfonamides is 1. The van der Waals surface area contributed by atoms with E-state index < -0.39 is 16.0 Å². The third kappa shape index (κ3) is 6.00. The molecule has 0 bridgehead atoms. The van der Waals surface area contributed by atoms with E-state index in [4.69, 9.17) is 21.3 Å². The van der Waals surface area contributed by atoms with Crippen LogP contribution in [-0.4, -0.2) is 84.2 Å². The van der Waals surface area contributed by atoms with E-state index in [9.17, 15) is 18.3 Å². The topological polar surface area (TPSA) is 108 Å². The number of hydrogen-bond donors (Lipinski definition) is 1. The summed E-state index contributed by atoms with van der Waals surface area (Å²) in [5.74, 6) is -0.167. The molecule has 3 aromatic carbocycles. The van der Waals surface area contributed by atoms with Gasteiger partial charge in [-0.3, -0.25) is 4.90 Å². The Kier molecular flexibility index (Phi) is 8.18. The van der Waals surface area contributed by atoms with Crippen molar-refractivity contribution in [1.82, 2.24) is 18.8 Å². The second-order valence-corrected chi connectivity index (χ2v) is 13.5. The van der Waals surface area contributed by atoms with Gasteiger partial charge in [-0.2, -0.15) is 4.31 Å². The van der Waals surface area contributed by atoms with E-state index in [2.05, 4.69) is 9.47 Å². The minimum Gasteiger partial charge on any atom is -0.478 e. The molecule has 12 heteroatoms. The van der Waals surface area contributed by atoms with Gasteiger partial charge in [0.15, 0.2) is 0 Å². The highest BCUT2D eigenvalue weighted by atomic mass is 35.5. The lowest BCUT2D eigenvalue weighted by Crippen LogP contribution is -2.48. The van der Waals surface area contributed by atoms with Crippen molar-refractivity contribution < 1.29 is 23.1 Å². The molecule has 226 valence electrons. The van der Waals surface area contributed by atoms with Crippen LogP contribution in [0, 0.1) is 6.92 Å². The number of piperazine rings is 1. The minimum atomic E-state index is -3.71. The van der Waals surface area contributed by atoms with Crippen LogP contribution in [0.1, 0.15) is 28.2 Å². The number of imidazole rings is 1. The first-order chi connectivity index (χ1) is 20.6. The number of aromatic carboxylic acids is 1. The molecule has 0 radical (unpaired) electrons. The lowest BCUT2D eigenvalue weighted by atomic mass is 10.1. The number of ether oxygens (including phenoxy) is 1. The molecule has 43 heavy (non-hydrogen) atoms. The first kappa shape index (κ1) is 29.6. The van der Waals surface area contributed by atoms with Gasteiger partial charge < -0.3 is 19.3 Å². The monoisotopic (exact) mass is 623 g/mol. The number of halogens is 1. The second-order valence-electron chi connectivity index (χ2n) is 11.1. The predicted molar refractivity (Wildman–Crippen MR) is 166 cm³/mol. The Balaban J connectivity index is 1.17. The number of aryl methyl sites for hydroxylation is 1. The number of carboxylic acid groups (broad SMARTS) is 1. The van der Waals surface area contributed by atoms with E-state index in [-0.39, 0.29) is 16.6 Å². The molecule has 2 saturated heterocycles. The predicted octanol–water partition coefficient (Wildman–Crippen LogP) is 4.76. The van der Waals surface area contributed by atoms with Crippen LogP contribution in [-0.2, 0) is 27.8 Å². The molecule has 0 amide bonds. The standard InChI is InChI=1S/C31H34ClN5O5S/c1-21-6-9-28(26(32)16-21)34(2)23-4-3-5-25(18-23)43(40,41)36-13-11-35(12-14-36)20-30-33-27-8-7-22(31(38)39)17-29(27)37(30)19-24-10-15-42-24/h3-9,16-18,24H,10-15,19-20H2,1-2H3,(H,38,39)/t24-/m0/s1. The van der Waals surface area contributed by atoms with Crippen LogP contribution in [0.3, 0.4) is 0 Å². The Labute approximate surface area is 256 Å². The van der Waals surface area contributed by atoms with Crippen molar-refractivity contribution in [2.24, 2.45) is 0 Å². The lowest BCUT2D eigenvalue weighted by molar-refractivity contribution is -0.0592.